The van der Waals surface area contributed by atoms with Gasteiger partial charge in [0.1, 0.15) is 5.69 Å². The van der Waals surface area contributed by atoms with Crippen LogP contribution in [0.15, 0.2) is 36.4 Å². The lowest BCUT2D eigenvalue weighted by Crippen LogP contribution is -2.44. The predicted octanol–water partition coefficient (Wildman–Crippen LogP) is 4.76. The van der Waals surface area contributed by atoms with Gasteiger partial charge < -0.3 is 10.2 Å². The molecule has 1 unspecified atom stereocenters. The van der Waals surface area contributed by atoms with Gasteiger partial charge in [-0.05, 0) is 62.3 Å². The lowest BCUT2D eigenvalue weighted by atomic mass is 9.90. The van der Waals surface area contributed by atoms with E-state index < -0.39 is 17.2 Å². The molecule has 2 amide bonds. The first-order valence-electron chi connectivity index (χ1n) is 12.5. The first-order chi connectivity index (χ1) is 17.6. The normalized spacial score (nSPS) is 19.1. The van der Waals surface area contributed by atoms with Crippen LogP contribution in [-0.4, -0.2) is 43.2 Å². The summed E-state index contributed by atoms with van der Waals surface area (Å²) >= 11 is 0. The highest BCUT2D eigenvalue weighted by atomic mass is 19.4. The molecule has 1 saturated heterocycles. The molecule has 0 radical (unpaired) electrons. The van der Waals surface area contributed by atoms with Crippen LogP contribution in [0.2, 0.25) is 0 Å². The molecule has 0 bridgehead atoms. The Bertz CT molecular complexity index is 1310. The van der Waals surface area contributed by atoms with E-state index in [1.165, 1.54) is 16.8 Å². The van der Waals surface area contributed by atoms with Crippen molar-refractivity contribution in [3.63, 3.8) is 0 Å². The van der Waals surface area contributed by atoms with Gasteiger partial charge in [0.15, 0.2) is 5.82 Å². The fourth-order valence-corrected chi connectivity index (χ4v) is 5.17. The van der Waals surface area contributed by atoms with Crippen LogP contribution >= 0.6 is 0 Å². The third kappa shape index (κ3) is 4.74. The van der Waals surface area contributed by atoms with Crippen LogP contribution in [0.1, 0.15) is 78.1 Å². The van der Waals surface area contributed by atoms with Gasteiger partial charge in [-0.2, -0.15) is 23.4 Å². The third-order valence-corrected chi connectivity index (χ3v) is 7.41. The molecule has 2 fully saturated rings. The van der Waals surface area contributed by atoms with E-state index >= 15 is 0 Å². The molecule has 5 rings (SSSR count). The number of aromatic amines is 1. The molecule has 8 nitrogen and oxygen atoms in total. The summed E-state index contributed by atoms with van der Waals surface area (Å²) in [7, 11) is 1.71. The monoisotopic (exact) mass is 514 g/mol. The van der Waals surface area contributed by atoms with Crippen molar-refractivity contribution >= 4 is 17.6 Å². The van der Waals surface area contributed by atoms with E-state index in [0.717, 1.165) is 37.1 Å². The first-order valence-corrected chi connectivity index (χ1v) is 12.5. The number of piperidine rings is 1. The summed E-state index contributed by atoms with van der Waals surface area (Å²) in [6, 6.07) is 8.18. The maximum Gasteiger partial charge on any atom is 0.416 e. The number of H-pyrrole nitrogens is 1. The Morgan fingerprint density at radius 3 is 2.51 bits per heavy atom. The summed E-state index contributed by atoms with van der Waals surface area (Å²) in [5, 5.41) is 14.3. The fraction of sp³-hybridized carbons (Fsp3) is 0.462. The van der Waals surface area contributed by atoms with Crippen molar-refractivity contribution in [2.75, 3.05) is 11.9 Å². The van der Waals surface area contributed by atoms with Crippen LogP contribution in [0.5, 0.6) is 0 Å². The highest BCUT2D eigenvalue weighted by Gasteiger charge is 2.54. The van der Waals surface area contributed by atoms with Crippen LogP contribution in [0.4, 0.5) is 19.0 Å². The molecule has 2 N–H and O–H groups in total. The highest BCUT2D eigenvalue weighted by Crippen LogP contribution is 2.51. The van der Waals surface area contributed by atoms with E-state index in [2.05, 4.69) is 20.6 Å². The molecule has 1 saturated carbocycles. The molecule has 3 aromatic rings. The van der Waals surface area contributed by atoms with Crippen molar-refractivity contribution in [1.82, 2.24) is 24.9 Å². The molecular weight excluding hydrogens is 485 g/mol. The number of hydrogen-bond donors (Lipinski definition) is 2. The van der Waals surface area contributed by atoms with Gasteiger partial charge >= 0.3 is 6.18 Å². The molecule has 0 spiro atoms. The number of nitrogens with one attached hydrogen (secondary N) is 2. The number of anilines is 1. The quantitative estimate of drug-likeness (QED) is 0.496. The molecule has 1 aliphatic heterocycles. The van der Waals surface area contributed by atoms with Gasteiger partial charge in [0.05, 0.1) is 28.4 Å². The van der Waals surface area contributed by atoms with Crippen molar-refractivity contribution in [3.8, 4) is 0 Å². The predicted molar refractivity (Wildman–Crippen MR) is 130 cm³/mol. The van der Waals surface area contributed by atoms with Crippen molar-refractivity contribution in [3.05, 3.63) is 64.6 Å². The third-order valence-electron chi connectivity index (χ3n) is 7.41. The molecular formula is C26H29F3N6O2. The zero-order valence-electron chi connectivity index (χ0n) is 20.7. The second-order valence-electron chi connectivity index (χ2n) is 9.83. The summed E-state index contributed by atoms with van der Waals surface area (Å²) in [5.74, 6) is -0.0521. The van der Waals surface area contributed by atoms with E-state index in [1.54, 1.807) is 19.2 Å². The molecule has 37 heavy (non-hydrogen) atoms. The van der Waals surface area contributed by atoms with Crippen LogP contribution in [0.3, 0.4) is 0 Å². The zero-order chi connectivity index (χ0) is 26.4. The standard InChI is InChI=1S/C26H29F3N6O2/c1-3-18-14-21(34(2)33-18)23(36)30-22-15-19(31-32-22)20-6-4-5-13-35(20)24(37)25(11-12-25)16-7-9-17(10-8-16)26(27,28)29/h7-10,14-15,20H,3-6,11-13H2,1-2H3,(H2,30,31,32,36). The number of likely N-dealkylation sites (tertiary alicyclic amines) is 1. The van der Waals surface area contributed by atoms with Gasteiger partial charge in [0.2, 0.25) is 5.91 Å². The van der Waals surface area contributed by atoms with Crippen molar-refractivity contribution < 1.29 is 22.8 Å². The number of nitrogens with zero attached hydrogens (tertiary/aromatic N) is 4. The largest absolute Gasteiger partial charge is 0.416 e. The van der Waals surface area contributed by atoms with E-state index in [9.17, 15) is 22.8 Å². The Labute approximate surface area is 212 Å². The fourth-order valence-electron chi connectivity index (χ4n) is 5.17. The highest BCUT2D eigenvalue weighted by molar-refractivity contribution is 6.02. The number of halogens is 3. The number of benzene rings is 1. The molecule has 3 heterocycles. The Hall–Kier alpha value is -3.63. The molecule has 2 aliphatic rings. The minimum absolute atomic E-state index is 0.0703. The first kappa shape index (κ1) is 25.0. The zero-order valence-corrected chi connectivity index (χ0v) is 20.7. The van der Waals surface area contributed by atoms with Crippen molar-refractivity contribution in [2.24, 2.45) is 7.05 Å². The SMILES string of the molecule is CCc1cc(C(=O)Nc2cc(C3CCCCN3C(=O)C3(c4ccc(C(F)(F)F)cc4)CC3)[nH]n2)n(C)n1. The number of alkyl halides is 3. The minimum Gasteiger partial charge on any atom is -0.333 e. The Morgan fingerprint density at radius 2 is 1.89 bits per heavy atom. The second kappa shape index (κ2) is 9.35. The number of rotatable bonds is 6. The number of aromatic nitrogens is 4. The number of hydrogen-bond acceptors (Lipinski definition) is 4. The molecule has 2 aromatic heterocycles. The average molecular weight is 515 g/mol. The van der Waals surface area contributed by atoms with Gasteiger partial charge in [-0.25, -0.2) is 0 Å². The molecule has 1 atom stereocenters. The molecule has 1 aliphatic carbocycles. The summed E-state index contributed by atoms with van der Waals surface area (Å²) in [6.07, 6.45) is 0.0179. The van der Waals surface area contributed by atoms with E-state index in [1.807, 2.05) is 11.8 Å². The maximum atomic E-state index is 13.8. The maximum absolute atomic E-state index is 13.8. The van der Waals surface area contributed by atoms with Crippen LogP contribution in [0, 0.1) is 0 Å². The summed E-state index contributed by atoms with van der Waals surface area (Å²) < 4.78 is 40.6. The Kier molecular flexibility index (Phi) is 6.33. The average Bonchev–Trinajstić information content (AvgIpc) is 3.42. The summed E-state index contributed by atoms with van der Waals surface area (Å²) in [5.41, 5.74) is 1.06. The van der Waals surface area contributed by atoms with E-state index in [-0.39, 0.29) is 17.9 Å². The van der Waals surface area contributed by atoms with E-state index in [4.69, 9.17) is 0 Å². The number of carbonyl (C=O) groups is 2. The minimum atomic E-state index is -4.42. The lowest BCUT2D eigenvalue weighted by Gasteiger charge is -2.37. The van der Waals surface area contributed by atoms with Crippen LogP contribution < -0.4 is 5.32 Å². The summed E-state index contributed by atoms with van der Waals surface area (Å²) in [4.78, 5) is 28.3. The molecule has 11 heteroatoms. The van der Waals surface area contributed by atoms with Gasteiger partial charge in [-0.3, -0.25) is 19.4 Å². The van der Waals surface area contributed by atoms with Gasteiger partial charge in [0, 0.05) is 19.7 Å². The van der Waals surface area contributed by atoms with Gasteiger partial charge in [0.25, 0.3) is 5.91 Å². The number of aryl methyl sites for hydroxylation is 2. The second-order valence-corrected chi connectivity index (χ2v) is 9.83. The van der Waals surface area contributed by atoms with Gasteiger partial charge in [-0.15, -0.1) is 0 Å². The topological polar surface area (TPSA) is 95.9 Å². The molecule has 1 aromatic carbocycles. The molecule has 196 valence electrons. The number of carbonyl (C=O) groups excluding carboxylic acids is 2. The Balaban J connectivity index is 1.33. The van der Waals surface area contributed by atoms with E-state index in [0.29, 0.717) is 48.6 Å². The van der Waals surface area contributed by atoms with Crippen LogP contribution in [0.25, 0.3) is 0 Å². The lowest BCUT2D eigenvalue weighted by molar-refractivity contribution is -0.138. The van der Waals surface area contributed by atoms with Gasteiger partial charge in [-0.1, -0.05) is 19.1 Å². The van der Waals surface area contributed by atoms with Crippen LogP contribution in [-0.2, 0) is 29.9 Å². The summed E-state index contributed by atoms with van der Waals surface area (Å²) in [6.45, 7) is 2.52. The number of amides is 2. The smallest absolute Gasteiger partial charge is 0.333 e. The van der Waals surface area contributed by atoms with Crippen molar-refractivity contribution in [2.45, 2.75) is 63.1 Å². The van der Waals surface area contributed by atoms with Crippen molar-refractivity contribution in [1.29, 1.82) is 0 Å². The Morgan fingerprint density at radius 1 is 1.16 bits per heavy atom.